The van der Waals surface area contributed by atoms with Crippen molar-refractivity contribution in [1.29, 1.82) is 0 Å². The molecule has 0 aliphatic rings. The second kappa shape index (κ2) is 5.84. The molecule has 1 heterocycles. The summed E-state index contributed by atoms with van der Waals surface area (Å²) in [4.78, 5) is 13.9. The van der Waals surface area contributed by atoms with Crippen LogP contribution >= 0.6 is 22.6 Å². The fourth-order valence-electron chi connectivity index (χ4n) is 1.17. The van der Waals surface area contributed by atoms with Crippen LogP contribution in [0.4, 0.5) is 22.0 Å². The lowest BCUT2D eigenvalue weighted by atomic mass is 10.1. The van der Waals surface area contributed by atoms with E-state index >= 15 is 0 Å². The third-order valence-corrected chi connectivity index (χ3v) is 2.72. The van der Waals surface area contributed by atoms with Crippen LogP contribution in [0.25, 0.3) is 0 Å². The average Bonchev–Trinajstić information content (AvgIpc) is 2.19. The Bertz CT molecular complexity index is 491. The highest BCUT2D eigenvalue weighted by Crippen LogP contribution is 2.32. The van der Waals surface area contributed by atoms with Gasteiger partial charge in [-0.2, -0.15) is 0 Å². The summed E-state index contributed by atoms with van der Waals surface area (Å²) in [5.74, 6) is -2.42. The van der Waals surface area contributed by atoms with Crippen LogP contribution in [0.5, 0.6) is 5.75 Å². The molecule has 0 saturated carbocycles. The van der Waals surface area contributed by atoms with Gasteiger partial charge in [-0.15, -0.1) is 13.2 Å². The molecule has 0 fully saturated rings. The Morgan fingerprint density at radius 3 is 2.47 bits per heavy atom. The molecule has 10 heteroatoms. The Morgan fingerprint density at radius 1 is 1.47 bits per heavy atom. The van der Waals surface area contributed by atoms with Crippen LogP contribution in [-0.2, 0) is 11.2 Å². The molecular formula is C9H5F5INO3. The molecule has 0 radical (unpaired) electrons. The largest absolute Gasteiger partial charge is 0.573 e. The first-order valence-corrected chi connectivity index (χ1v) is 5.63. The number of rotatable bonds is 4. The topological polar surface area (TPSA) is 59.4 Å². The highest BCUT2D eigenvalue weighted by molar-refractivity contribution is 14.1. The van der Waals surface area contributed by atoms with E-state index < -0.39 is 42.2 Å². The van der Waals surface area contributed by atoms with Crippen molar-refractivity contribution in [3.8, 4) is 5.75 Å². The van der Waals surface area contributed by atoms with Crippen LogP contribution in [0.15, 0.2) is 6.07 Å². The van der Waals surface area contributed by atoms with E-state index in [1.165, 1.54) is 22.6 Å². The van der Waals surface area contributed by atoms with Crippen molar-refractivity contribution in [3.63, 3.8) is 0 Å². The second-order valence-corrected chi connectivity index (χ2v) is 4.26. The third-order valence-electron chi connectivity index (χ3n) is 1.83. The maximum Gasteiger partial charge on any atom is 0.573 e. The fourth-order valence-corrected chi connectivity index (χ4v) is 1.91. The van der Waals surface area contributed by atoms with E-state index in [2.05, 4.69) is 9.72 Å². The van der Waals surface area contributed by atoms with E-state index in [4.69, 9.17) is 5.11 Å². The van der Waals surface area contributed by atoms with Crippen molar-refractivity contribution in [2.75, 3.05) is 0 Å². The molecule has 0 amide bonds. The van der Waals surface area contributed by atoms with E-state index in [-0.39, 0.29) is 3.70 Å². The Kier molecular flexibility index (Phi) is 4.87. The smallest absolute Gasteiger partial charge is 0.481 e. The van der Waals surface area contributed by atoms with E-state index in [0.717, 1.165) is 0 Å². The van der Waals surface area contributed by atoms with Gasteiger partial charge in [0.1, 0.15) is 15.1 Å². The molecule has 0 aliphatic heterocycles. The number of carboxylic acids is 1. The molecule has 1 aromatic heterocycles. The van der Waals surface area contributed by atoms with Gasteiger partial charge in [0, 0.05) is 11.6 Å². The first-order valence-electron chi connectivity index (χ1n) is 4.55. The predicted octanol–water partition coefficient (Wildman–Crippen LogP) is 3.15. The number of aliphatic carboxylic acids is 1. The summed E-state index contributed by atoms with van der Waals surface area (Å²) in [7, 11) is 0. The highest BCUT2D eigenvalue weighted by atomic mass is 127. The molecule has 0 aromatic carbocycles. The summed E-state index contributed by atoms with van der Waals surface area (Å²) in [5, 5.41) is 8.58. The number of nitrogens with zero attached hydrogens (tertiary/aromatic N) is 1. The number of hydrogen-bond acceptors (Lipinski definition) is 3. The lowest BCUT2D eigenvalue weighted by molar-refractivity contribution is -0.275. The molecule has 0 atom stereocenters. The summed E-state index contributed by atoms with van der Waals surface area (Å²) < 4.78 is 64.6. The minimum atomic E-state index is -5.11. The van der Waals surface area contributed by atoms with Crippen molar-refractivity contribution >= 4 is 28.6 Å². The zero-order chi connectivity index (χ0) is 14.8. The Balaban J connectivity index is 3.31. The van der Waals surface area contributed by atoms with Gasteiger partial charge in [-0.05, 0) is 22.6 Å². The minimum absolute atomic E-state index is 0.281. The van der Waals surface area contributed by atoms with Crippen molar-refractivity contribution in [2.24, 2.45) is 0 Å². The van der Waals surface area contributed by atoms with Crippen molar-refractivity contribution in [1.82, 2.24) is 4.98 Å². The summed E-state index contributed by atoms with van der Waals surface area (Å²) in [6.45, 7) is 0. The molecule has 0 aliphatic carbocycles. The second-order valence-electron chi connectivity index (χ2n) is 3.23. The zero-order valence-electron chi connectivity index (χ0n) is 8.84. The summed E-state index contributed by atoms with van der Waals surface area (Å²) in [6, 6.07) is 0.387. The molecule has 0 bridgehead atoms. The number of pyridine rings is 1. The Hall–Kier alpha value is -1.20. The Morgan fingerprint density at radius 2 is 2.05 bits per heavy atom. The lowest BCUT2D eigenvalue weighted by Gasteiger charge is -2.14. The van der Waals surface area contributed by atoms with Crippen molar-refractivity contribution < 1.29 is 36.6 Å². The van der Waals surface area contributed by atoms with Gasteiger partial charge in [0.2, 0.25) is 0 Å². The number of ether oxygens (including phenoxy) is 1. The number of carbonyl (C=O) groups is 1. The van der Waals surface area contributed by atoms with Gasteiger partial charge in [0.25, 0.3) is 6.43 Å². The summed E-state index contributed by atoms with van der Waals surface area (Å²) in [5.41, 5.74) is -1.33. The van der Waals surface area contributed by atoms with Gasteiger partial charge >= 0.3 is 12.3 Å². The highest BCUT2D eigenvalue weighted by Gasteiger charge is 2.33. The van der Waals surface area contributed by atoms with Crippen LogP contribution in [0.3, 0.4) is 0 Å². The molecule has 106 valence electrons. The fraction of sp³-hybridized carbons (Fsp3) is 0.333. The quantitative estimate of drug-likeness (QED) is 0.482. The molecule has 19 heavy (non-hydrogen) atoms. The molecule has 0 saturated heterocycles. The number of hydrogen-bond donors (Lipinski definition) is 1. The first kappa shape index (κ1) is 15.9. The predicted molar refractivity (Wildman–Crippen MR) is 59.9 cm³/mol. The molecule has 0 spiro atoms. The number of halogens is 6. The standard InChI is InChI=1S/C9H5F5INO3/c10-7(11)4-2-5(19-9(12,13)14)3(1-6(17)18)8(15)16-4/h2,7H,1H2,(H,17,18). The van der Waals surface area contributed by atoms with Gasteiger partial charge in [-0.1, -0.05) is 0 Å². The van der Waals surface area contributed by atoms with Crippen molar-refractivity contribution in [3.05, 3.63) is 21.0 Å². The minimum Gasteiger partial charge on any atom is -0.481 e. The van der Waals surface area contributed by atoms with Gasteiger partial charge < -0.3 is 9.84 Å². The molecule has 4 nitrogen and oxygen atoms in total. The lowest BCUT2D eigenvalue weighted by Crippen LogP contribution is -2.20. The van der Waals surface area contributed by atoms with Gasteiger partial charge in [0.15, 0.2) is 0 Å². The normalized spacial score (nSPS) is 11.7. The average molecular weight is 397 g/mol. The van der Waals surface area contributed by atoms with Crippen LogP contribution in [0.2, 0.25) is 0 Å². The molecule has 1 aromatic rings. The monoisotopic (exact) mass is 397 g/mol. The Labute approximate surface area is 116 Å². The molecular weight excluding hydrogens is 392 g/mol. The number of alkyl halides is 5. The summed E-state index contributed by atoms with van der Waals surface area (Å²) in [6.07, 6.45) is -9.03. The van der Waals surface area contributed by atoms with Gasteiger partial charge in [-0.25, -0.2) is 13.8 Å². The molecule has 1 rings (SSSR count). The maximum absolute atomic E-state index is 12.4. The van der Waals surface area contributed by atoms with E-state index in [0.29, 0.717) is 6.07 Å². The maximum atomic E-state index is 12.4. The zero-order valence-corrected chi connectivity index (χ0v) is 11.0. The van der Waals surface area contributed by atoms with Gasteiger partial charge in [0.05, 0.1) is 6.42 Å². The molecule has 0 unspecified atom stereocenters. The van der Waals surface area contributed by atoms with Crippen molar-refractivity contribution in [2.45, 2.75) is 19.2 Å². The third kappa shape index (κ3) is 4.76. The summed E-state index contributed by atoms with van der Waals surface area (Å²) >= 11 is 1.37. The first-order chi connectivity index (χ1) is 8.60. The number of aromatic nitrogens is 1. The van der Waals surface area contributed by atoms with Crippen LogP contribution in [0, 0.1) is 3.70 Å². The van der Waals surface area contributed by atoms with E-state index in [1.54, 1.807) is 0 Å². The van der Waals surface area contributed by atoms with Crippen LogP contribution in [-0.4, -0.2) is 22.4 Å². The van der Waals surface area contributed by atoms with Crippen LogP contribution in [0.1, 0.15) is 17.7 Å². The van der Waals surface area contributed by atoms with E-state index in [9.17, 15) is 26.7 Å². The molecule has 1 N–H and O–H groups in total. The van der Waals surface area contributed by atoms with E-state index in [1.807, 2.05) is 0 Å². The number of carboxylic acid groups (broad SMARTS) is 1. The van der Waals surface area contributed by atoms with Gasteiger partial charge in [-0.3, -0.25) is 4.79 Å². The SMILES string of the molecule is O=C(O)Cc1c(OC(F)(F)F)cc(C(F)F)nc1I. The van der Waals surface area contributed by atoms with Crippen LogP contribution < -0.4 is 4.74 Å².